The van der Waals surface area contributed by atoms with Crippen LogP contribution in [0.25, 0.3) is 0 Å². The Labute approximate surface area is 275 Å². The topological polar surface area (TPSA) is 195 Å². The van der Waals surface area contributed by atoms with Gasteiger partial charge in [-0.3, -0.25) is 28.8 Å². The summed E-state index contributed by atoms with van der Waals surface area (Å²) in [6.45, 7) is 21.2. The van der Waals surface area contributed by atoms with Crippen LogP contribution >= 0.6 is 0 Å². The number of amides is 4. The van der Waals surface area contributed by atoms with E-state index in [1.54, 1.807) is 41.5 Å². The van der Waals surface area contributed by atoms with Crippen LogP contribution in [0.15, 0.2) is 0 Å². The molecular formula is C33H61N5O8. The summed E-state index contributed by atoms with van der Waals surface area (Å²) in [4.78, 5) is 78.1. The zero-order valence-electron chi connectivity index (χ0n) is 30.3. The molecule has 13 heteroatoms. The van der Waals surface area contributed by atoms with Gasteiger partial charge in [0.05, 0.1) is 17.7 Å². The Morgan fingerprint density at radius 2 is 1.30 bits per heavy atom. The van der Waals surface area contributed by atoms with E-state index in [-0.39, 0.29) is 37.0 Å². The van der Waals surface area contributed by atoms with Crippen LogP contribution in [-0.2, 0) is 38.2 Å². The molecule has 0 aliphatic rings. The summed E-state index contributed by atoms with van der Waals surface area (Å²) >= 11 is 0. The molecule has 0 unspecified atom stereocenters. The monoisotopic (exact) mass is 655 g/mol. The molecule has 4 amide bonds. The van der Waals surface area contributed by atoms with Gasteiger partial charge in [-0.15, -0.1) is 0 Å². The number of nitrogens with two attached hydrogens (primary N) is 1. The van der Waals surface area contributed by atoms with Crippen molar-refractivity contribution >= 4 is 35.4 Å². The fourth-order valence-corrected chi connectivity index (χ4v) is 4.71. The van der Waals surface area contributed by atoms with Gasteiger partial charge in [-0.1, -0.05) is 27.7 Å². The Morgan fingerprint density at radius 3 is 1.76 bits per heavy atom. The molecule has 0 aliphatic carbocycles. The third-order valence-electron chi connectivity index (χ3n) is 6.93. The van der Waals surface area contributed by atoms with Gasteiger partial charge in [0.2, 0.25) is 23.6 Å². The number of carbonyl (C=O) groups is 6. The van der Waals surface area contributed by atoms with Crippen LogP contribution in [0, 0.1) is 17.8 Å². The summed E-state index contributed by atoms with van der Waals surface area (Å²) in [5.41, 5.74) is 4.85. The van der Waals surface area contributed by atoms with Crippen LogP contribution in [0.2, 0.25) is 0 Å². The van der Waals surface area contributed by atoms with E-state index in [0.717, 1.165) is 0 Å². The second-order valence-electron chi connectivity index (χ2n) is 14.7. The number of carbonyl (C=O) groups excluding carboxylic acids is 6. The molecule has 46 heavy (non-hydrogen) atoms. The lowest BCUT2D eigenvalue weighted by atomic mass is 9.88. The molecular weight excluding hydrogens is 594 g/mol. The zero-order chi connectivity index (χ0) is 36.2. The van der Waals surface area contributed by atoms with Gasteiger partial charge in [0.15, 0.2) is 5.78 Å². The molecule has 0 aromatic rings. The number of Topliss-reactive ketones (excluding diaryl/α,β-unsaturated/α-hetero) is 1. The van der Waals surface area contributed by atoms with Crippen molar-refractivity contribution < 1.29 is 38.2 Å². The highest BCUT2D eigenvalue weighted by Gasteiger charge is 2.34. The van der Waals surface area contributed by atoms with Crippen LogP contribution in [0.3, 0.4) is 0 Å². The Bertz CT molecular complexity index is 1050. The highest BCUT2D eigenvalue weighted by Crippen LogP contribution is 2.20. The number of esters is 1. The third-order valence-corrected chi connectivity index (χ3v) is 6.93. The van der Waals surface area contributed by atoms with Crippen molar-refractivity contribution in [2.24, 2.45) is 23.5 Å². The SMILES string of the molecule is CNC(=O)[C@@H](C)NC(=O)[C@H](CC(=O)[C@@H](CCC(=O)OC(C)(C)C)NC(=O)[C@H](NC(=O)[C@H](N)[C@@H](C)OC(C)(C)C)C(C)C)CC(C)C. The summed E-state index contributed by atoms with van der Waals surface area (Å²) in [6.07, 6.45) is -0.793. The molecule has 0 heterocycles. The van der Waals surface area contributed by atoms with Crippen molar-refractivity contribution in [3.8, 4) is 0 Å². The van der Waals surface area contributed by atoms with Gasteiger partial charge in [-0.05, 0) is 80.1 Å². The maximum absolute atomic E-state index is 13.7. The summed E-state index contributed by atoms with van der Waals surface area (Å²) in [6, 6.07) is -4.09. The van der Waals surface area contributed by atoms with Gasteiger partial charge in [0, 0.05) is 25.8 Å². The molecule has 266 valence electrons. The molecule has 0 radical (unpaired) electrons. The maximum Gasteiger partial charge on any atom is 0.306 e. The van der Waals surface area contributed by atoms with E-state index in [2.05, 4.69) is 21.3 Å². The highest BCUT2D eigenvalue weighted by molar-refractivity contribution is 5.96. The first-order chi connectivity index (χ1) is 20.9. The van der Waals surface area contributed by atoms with E-state index in [1.807, 2.05) is 34.6 Å². The molecule has 0 rings (SSSR count). The van der Waals surface area contributed by atoms with Crippen molar-refractivity contribution in [2.45, 2.75) is 150 Å². The molecule has 0 spiro atoms. The Kier molecular flexibility index (Phi) is 17.7. The molecule has 0 saturated carbocycles. The number of ketones is 1. The van der Waals surface area contributed by atoms with Crippen molar-refractivity contribution in [3.63, 3.8) is 0 Å². The minimum absolute atomic E-state index is 0.0445. The molecule has 6 atom stereocenters. The average Bonchev–Trinajstić information content (AvgIpc) is 2.89. The lowest BCUT2D eigenvalue weighted by molar-refractivity contribution is -0.155. The number of rotatable bonds is 18. The second kappa shape index (κ2) is 18.9. The molecule has 13 nitrogen and oxygen atoms in total. The predicted octanol–water partition coefficient (Wildman–Crippen LogP) is 2.14. The summed E-state index contributed by atoms with van der Waals surface area (Å²) in [5.74, 6) is -4.24. The van der Waals surface area contributed by atoms with E-state index in [9.17, 15) is 28.8 Å². The predicted molar refractivity (Wildman–Crippen MR) is 176 cm³/mol. The van der Waals surface area contributed by atoms with Crippen LogP contribution < -0.4 is 27.0 Å². The van der Waals surface area contributed by atoms with Crippen LogP contribution in [-0.4, -0.2) is 83.9 Å². The number of nitrogens with one attached hydrogen (secondary N) is 4. The lowest BCUT2D eigenvalue weighted by Crippen LogP contribution is -2.58. The van der Waals surface area contributed by atoms with Gasteiger partial charge < -0.3 is 36.5 Å². The first-order valence-corrected chi connectivity index (χ1v) is 16.2. The Balaban J connectivity index is 6.11. The molecule has 0 bridgehead atoms. The molecule has 0 fully saturated rings. The van der Waals surface area contributed by atoms with E-state index < -0.39 is 76.9 Å². The quantitative estimate of drug-likeness (QED) is 0.138. The average molecular weight is 656 g/mol. The zero-order valence-corrected chi connectivity index (χ0v) is 30.3. The molecule has 0 aliphatic heterocycles. The normalized spacial score (nSPS) is 16.0. The van der Waals surface area contributed by atoms with Crippen molar-refractivity contribution in [1.29, 1.82) is 0 Å². The molecule has 6 N–H and O–H groups in total. The van der Waals surface area contributed by atoms with E-state index in [4.69, 9.17) is 15.2 Å². The summed E-state index contributed by atoms with van der Waals surface area (Å²) in [5, 5.41) is 10.5. The first kappa shape index (κ1) is 42.9. The fourth-order valence-electron chi connectivity index (χ4n) is 4.71. The second-order valence-corrected chi connectivity index (χ2v) is 14.7. The van der Waals surface area contributed by atoms with E-state index in [0.29, 0.717) is 6.42 Å². The van der Waals surface area contributed by atoms with E-state index >= 15 is 0 Å². The minimum Gasteiger partial charge on any atom is -0.460 e. The largest absolute Gasteiger partial charge is 0.460 e. The first-order valence-electron chi connectivity index (χ1n) is 16.2. The van der Waals surface area contributed by atoms with Crippen LogP contribution in [0.1, 0.15) is 109 Å². The number of hydrogen-bond donors (Lipinski definition) is 5. The van der Waals surface area contributed by atoms with Crippen LogP contribution in [0.5, 0.6) is 0 Å². The fraction of sp³-hybridized carbons (Fsp3) is 0.818. The van der Waals surface area contributed by atoms with Gasteiger partial charge in [0.25, 0.3) is 0 Å². The summed E-state index contributed by atoms with van der Waals surface area (Å²) in [7, 11) is 1.46. The van der Waals surface area contributed by atoms with Gasteiger partial charge in [-0.2, -0.15) is 0 Å². The standard InChI is InChI=1S/C33H61N5O8/c1-18(2)16-22(29(42)36-20(5)28(41)35-13)17-24(39)23(14-15-25(40)46-33(10,11)12)37-31(44)27(19(3)4)38-30(43)26(34)21(6)45-32(7,8)9/h18-23,26-27H,14-17,34H2,1-13H3,(H,35,41)(H,36,42)(H,37,44)(H,38,43)/t20-,21-,22+,23-,26-,27-/m1/s1. The van der Waals surface area contributed by atoms with Crippen molar-refractivity contribution in [1.82, 2.24) is 21.3 Å². The van der Waals surface area contributed by atoms with Crippen LogP contribution in [0.4, 0.5) is 0 Å². The van der Waals surface area contributed by atoms with Gasteiger partial charge in [-0.25, -0.2) is 0 Å². The Hall–Kier alpha value is -3.06. The number of ether oxygens (including phenoxy) is 2. The van der Waals surface area contributed by atoms with Gasteiger partial charge in [0.1, 0.15) is 23.7 Å². The maximum atomic E-state index is 13.7. The third kappa shape index (κ3) is 17.0. The molecule has 0 saturated heterocycles. The number of likely N-dealkylation sites (N-methyl/N-ethyl adjacent to an activating group) is 1. The van der Waals surface area contributed by atoms with Crippen molar-refractivity contribution in [3.05, 3.63) is 0 Å². The Morgan fingerprint density at radius 1 is 0.739 bits per heavy atom. The highest BCUT2D eigenvalue weighted by atomic mass is 16.6. The van der Waals surface area contributed by atoms with E-state index in [1.165, 1.54) is 14.0 Å². The lowest BCUT2D eigenvalue weighted by Gasteiger charge is -2.30. The number of hydrogen-bond acceptors (Lipinski definition) is 9. The summed E-state index contributed by atoms with van der Waals surface area (Å²) < 4.78 is 11.2. The molecule has 0 aromatic heterocycles. The minimum atomic E-state index is -1.16. The molecule has 0 aromatic carbocycles. The van der Waals surface area contributed by atoms with Crippen molar-refractivity contribution in [2.75, 3.05) is 7.05 Å². The van der Waals surface area contributed by atoms with Gasteiger partial charge >= 0.3 is 5.97 Å². The smallest absolute Gasteiger partial charge is 0.306 e.